The minimum atomic E-state index is -0.0457. The lowest BCUT2D eigenvalue weighted by Gasteiger charge is -2.22. The first-order chi connectivity index (χ1) is 8.51. The fourth-order valence-corrected chi connectivity index (χ4v) is 2.72. The monoisotopic (exact) mass is 256 g/mol. The third kappa shape index (κ3) is 3.69. The maximum Gasteiger partial charge on any atom is 0.226 e. The highest BCUT2D eigenvalue weighted by molar-refractivity contribution is 5.80. The lowest BCUT2D eigenvalue weighted by molar-refractivity contribution is -0.127. The van der Waals surface area contributed by atoms with E-state index in [0.29, 0.717) is 6.54 Å². The minimum Gasteiger partial charge on any atom is -0.374 e. The van der Waals surface area contributed by atoms with Crippen molar-refractivity contribution in [2.45, 2.75) is 65.2 Å². The predicted molar refractivity (Wildman–Crippen MR) is 73.2 cm³/mol. The molecule has 1 amide bonds. The van der Waals surface area contributed by atoms with Crippen molar-refractivity contribution in [2.75, 3.05) is 6.54 Å². The molecule has 1 aliphatic heterocycles. The van der Waals surface area contributed by atoms with Gasteiger partial charge in [-0.15, -0.1) is 0 Å². The third-order valence-electron chi connectivity index (χ3n) is 4.08. The number of nitrogens with one attached hydrogen (secondary N) is 1. The molecule has 0 saturated carbocycles. The van der Waals surface area contributed by atoms with Gasteiger partial charge in [-0.25, -0.2) is 0 Å². The van der Waals surface area contributed by atoms with Gasteiger partial charge in [0, 0.05) is 12.6 Å². The lowest BCUT2D eigenvalue weighted by atomic mass is 9.88. The van der Waals surface area contributed by atoms with Crippen LogP contribution in [0.4, 0.5) is 0 Å². The molecule has 106 valence electrons. The fraction of sp³-hybridized carbons (Fsp3) is 0.929. The van der Waals surface area contributed by atoms with Crippen molar-refractivity contribution in [2.24, 2.45) is 17.6 Å². The molecule has 5 atom stereocenters. The zero-order valence-electron chi connectivity index (χ0n) is 12.1. The van der Waals surface area contributed by atoms with Crippen molar-refractivity contribution < 1.29 is 9.53 Å². The van der Waals surface area contributed by atoms with Crippen LogP contribution in [-0.4, -0.2) is 30.7 Å². The number of amides is 1. The number of nitrogens with two attached hydrogens (primary N) is 1. The van der Waals surface area contributed by atoms with Gasteiger partial charge in [0.2, 0.25) is 5.91 Å². The van der Waals surface area contributed by atoms with Crippen LogP contribution >= 0.6 is 0 Å². The average molecular weight is 256 g/mol. The Labute approximate surface area is 111 Å². The summed E-state index contributed by atoms with van der Waals surface area (Å²) in [5, 5.41) is 3.08. The van der Waals surface area contributed by atoms with E-state index in [1.165, 1.54) is 0 Å². The van der Waals surface area contributed by atoms with E-state index in [9.17, 15) is 4.79 Å². The molecule has 1 rings (SSSR count). The summed E-state index contributed by atoms with van der Waals surface area (Å²) >= 11 is 0. The number of ether oxygens (including phenoxy) is 1. The van der Waals surface area contributed by atoms with Crippen molar-refractivity contribution in [1.29, 1.82) is 0 Å². The molecule has 0 aromatic heterocycles. The van der Waals surface area contributed by atoms with Crippen LogP contribution < -0.4 is 11.1 Å². The molecule has 0 radical (unpaired) electrons. The SMILES string of the molecule is CCCCC(CN)NC(=O)C1C(C)OC(C)C1C. The van der Waals surface area contributed by atoms with Gasteiger partial charge in [0.15, 0.2) is 0 Å². The predicted octanol–water partition coefficient (Wildman–Crippen LogP) is 1.68. The number of carbonyl (C=O) groups excluding carboxylic acids is 1. The van der Waals surface area contributed by atoms with Crippen LogP contribution in [0.25, 0.3) is 0 Å². The standard InChI is InChI=1S/C14H28N2O2/c1-5-6-7-12(8-15)16-14(17)13-9(2)10(3)18-11(13)4/h9-13H,5-8,15H2,1-4H3,(H,16,17). The van der Waals surface area contributed by atoms with E-state index in [-0.39, 0.29) is 36.0 Å². The first-order valence-electron chi connectivity index (χ1n) is 7.17. The Morgan fingerprint density at radius 2 is 2.00 bits per heavy atom. The third-order valence-corrected chi connectivity index (χ3v) is 4.08. The molecule has 1 fully saturated rings. The molecular weight excluding hydrogens is 228 g/mol. The Morgan fingerprint density at radius 1 is 1.33 bits per heavy atom. The second-order valence-corrected chi connectivity index (χ2v) is 5.51. The highest BCUT2D eigenvalue weighted by Gasteiger charge is 2.41. The van der Waals surface area contributed by atoms with Gasteiger partial charge in [0.25, 0.3) is 0 Å². The number of unbranched alkanes of at least 4 members (excludes halogenated alkanes) is 1. The highest BCUT2D eigenvalue weighted by Crippen LogP contribution is 2.32. The van der Waals surface area contributed by atoms with Crippen LogP contribution in [0.5, 0.6) is 0 Å². The summed E-state index contributed by atoms with van der Waals surface area (Å²) in [6, 6.07) is 0.104. The number of rotatable bonds is 6. The van der Waals surface area contributed by atoms with Crippen molar-refractivity contribution >= 4 is 5.91 Å². The van der Waals surface area contributed by atoms with Crippen molar-refractivity contribution in [1.82, 2.24) is 5.32 Å². The van der Waals surface area contributed by atoms with E-state index >= 15 is 0 Å². The van der Waals surface area contributed by atoms with Crippen molar-refractivity contribution in [3.63, 3.8) is 0 Å². The Kier molecular flexibility index (Phi) is 6.09. The summed E-state index contributed by atoms with van der Waals surface area (Å²) in [7, 11) is 0. The zero-order chi connectivity index (χ0) is 13.7. The van der Waals surface area contributed by atoms with Gasteiger partial charge in [-0.1, -0.05) is 26.7 Å². The van der Waals surface area contributed by atoms with Gasteiger partial charge < -0.3 is 15.8 Å². The molecule has 5 unspecified atom stereocenters. The van der Waals surface area contributed by atoms with Crippen LogP contribution in [0.1, 0.15) is 47.0 Å². The average Bonchev–Trinajstić information content (AvgIpc) is 2.58. The van der Waals surface area contributed by atoms with Gasteiger partial charge in [-0.05, 0) is 26.2 Å². The molecule has 4 heteroatoms. The molecule has 0 aliphatic carbocycles. The van der Waals surface area contributed by atoms with E-state index < -0.39 is 0 Å². The summed E-state index contributed by atoms with van der Waals surface area (Å²) in [6.45, 7) is 8.76. The highest BCUT2D eigenvalue weighted by atomic mass is 16.5. The second-order valence-electron chi connectivity index (χ2n) is 5.51. The topological polar surface area (TPSA) is 64.3 Å². The maximum atomic E-state index is 12.3. The molecule has 18 heavy (non-hydrogen) atoms. The Balaban J connectivity index is 2.53. The van der Waals surface area contributed by atoms with E-state index in [1.807, 2.05) is 13.8 Å². The molecule has 3 N–H and O–H groups in total. The van der Waals surface area contributed by atoms with Crippen LogP contribution in [0.15, 0.2) is 0 Å². The molecule has 4 nitrogen and oxygen atoms in total. The van der Waals surface area contributed by atoms with Crippen LogP contribution in [0, 0.1) is 11.8 Å². The molecule has 1 saturated heterocycles. The second kappa shape index (κ2) is 7.10. The molecule has 1 heterocycles. The van der Waals surface area contributed by atoms with Gasteiger partial charge in [0.1, 0.15) is 0 Å². The number of carbonyl (C=O) groups is 1. The summed E-state index contributed by atoms with van der Waals surface area (Å²) in [6.07, 6.45) is 3.35. The Hall–Kier alpha value is -0.610. The quantitative estimate of drug-likeness (QED) is 0.760. The normalized spacial score (nSPS) is 33.4. The largest absolute Gasteiger partial charge is 0.374 e. The fourth-order valence-electron chi connectivity index (χ4n) is 2.72. The Bertz CT molecular complexity index is 271. The summed E-state index contributed by atoms with van der Waals surface area (Å²) in [4.78, 5) is 12.3. The van der Waals surface area contributed by atoms with E-state index in [0.717, 1.165) is 19.3 Å². The van der Waals surface area contributed by atoms with Crippen LogP contribution in [0.2, 0.25) is 0 Å². The smallest absolute Gasteiger partial charge is 0.226 e. The summed E-state index contributed by atoms with van der Waals surface area (Å²) in [5.74, 6) is 0.325. The molecule has 0 aromatic rings. The summed E-state index contributed by atoms with van der Waals surface area (Å²) < 4.78 is 5.71. The van der Waals surface area contributed by atoms with Crippen molar-refractivity contribution in [3.05, 3.63) is 0 Å². The Morgan fingerprint density at radius 3 is 2.44 bits per heavy atom. The molecule has 1 aliphatic rings. The van der Waals surface area contributed by atoms with E-state index in [4.69, 9.17) is 10.5 Å². The molecular formula is C14H28N2O2. The van der Waals surface area contributed by atoms with E-state index in [2.05, 4.69) is 19.2 Å². The van der Waals surface area contributed by atoms with E-state index in [1.54, 1.807) is 0 Å². The molecule has 0 aromatic carbocycles. The van der Waals surface area contributed by atoms with Gasteiger partial charge in [0.05, 0.1) is 18.1 Å². The number of hydrogen-bond donors (Lipinski definition) is 2. The van der Waals surface area contributed by atoms with Gasteiger partial charge in [-0.2, -0.15) is 0 Å². The number of hydrogen-bond acceptors (Lipinski definition) is 3. The zero-order valence-corrected chi connectivity index (χ0v) is 12.1. The molecule has 0 spiro atoms. The first-order valence-corrected chi connectivity index (χ1v) is 7.17. The molecule has 0 bridgehead atoms. The maximum absolute atomic E-state index is 12.3. The van der Waals surface area contributed by atoms with Gasteiger partial charge >= 0.3 is 0 Å². The van der Waals surface area contributed by atoms with Crippen LogP contribution in [-0.2, 0) is 9.53 Å². The van der Waals surface area contributed by atoms with Crippen LogP contribution in [0.3, 0.4) is 0 Å². The van der Waals surface area contributed by atoms with Gasteiger partial charge in [-0.3, -0.25) is 4.79 Å². The first kappa shape index (κ1) is 15.4. The summed E-state index contributed by atoms with van der Waals surface area (Å²) in [5.41, 5.74) is 5.71. The lowest BCUT2D eigenvalue weighted by Crippen LogP contribution is -2.45. The minimum absolute atomic E-state index is 0.000371. The van der Waals surface area contributed by atoms with Crippen molar-refractivity contribution in [3.8, 4) is 0 Å².